The Morgan fingerprint density at radius 1 is 1.45 bits per heavy atom. The Labute approximate surface area is 116 Å². The van der Waals surface area contributed by atoms with E-state index in [1.165, 1.54) is 13.2 Å². The van der Waals surface area contributed by atoms with Crippen molar-refractivity contribution in [1.29, 1.82) is 0 Å². The van der Waals surface area contributed by atoms with Crippen LogP contribution in [0.5, 0.6) is 5.75 Å². The zero-order chi connectivity index (χ0) is 14.5. The van der Waals surface area contributed by atoms with Gasteiger partial charge in [0.1, 0.15) is 5.82 Å². The standard InChI is InChI=1S/C13H17FN2O4/c1-19-13-8-10(11(14)9-12(13)16(17)18)2-3-15-4-6-20-7-5-15/h8-9H,2-7H2,1H3. The molecule has 0 N–H and O–H groups in total. The molecule has 7 heteroatoms. The van der Waals surface area contributed by atoms with Crippen molar-refractivity contribution >= 4 is 5.69 Å². The molecule has 2 rings (SSSR count). The fourth-order valence-electron chi connectivity index (χ4n) is 2.19. The number of nitrogens with zero attached hydrogens (tertiary/aromatic N) is 2. The average molecular weight is 284 g/mol. The number of benzene rings is 1. The van der Waals surface area contributed by atoms with Crippen molar-refractivity contribution in [3.63, 3.8) is 0 Å². The number of nitro groups is 1. The van der Waals surface area contributed by atoms with Gasteiger partial charge >= 0.3 is 5.69 Å². The Kier molecular flexibility index (Phi) is 4.86. The first kappa shape index (κ1) is 14.7. The number of ether oxygens (including phenoxy) is 2. The van der Waals surface area contributed by atoms with Crippen LogP contribution in [0, 0.1) is 15.9 Å². The van der Waals surface area contributed by atoms with Gasteiger partial charge in [0.15, 0.2) is 5.75 Å². The molecular weight excluding hydrogens is 267 g/mol. The van der Waals surface area contributed by atoms with Gasteiger partial charge in [-0.1, -0.05) is 0 Å². The first-order valence-electron chi connectivity index (χ1n) is 6.42. The van der Waals surface area contributed by atoms with Gasteiger partial charge in [-0.25, -0.2) is 4.39 Å². The van der Waals surface area contributed by atoms with Gasteiger partial charge in [0.2, 0.25) is 0 Å². The number of methoxy groups -OCH3 is 1. The zero-order valence-electron chi connectivity index (χ0n) is 11.3. The Morgan fingerprint density at radius 2 is 2.15 bits per heavy atom. The molecule has 1 fully saturated rings. The maximum atomic E-state index is 13.9. The van der Waals surface area contributed by atoms with Crippen molar-refractivity contribution in [2.45, 2.75) is 6.42 Å². The Bertz CT molecular complexity index is 490. The molecule has 1 aliphatic heterocycles. The van der Waals surface area contributed by atoms with Gasteiger partial charge in [-0.15, -0.1) is 0 Å². The van der Waals surface area contributed by atoms with E-state index in [-0.39, 0.29) is 11.4 Å². The van der Waals surface area contributed by atoms with Gasteiger partial charge in [-0.05, 0) is 18.1 Å². The predicted molar refractivity (Wildman–Crippen MR) is 70.6 cm³/mol. The van der Waals surface area contributed by atoms with Crippen LogP contribution in [0.2, 0.25) is 0 Å². The molecule has 1 aromatic carbocycles. The summed E-state index contributed by atoms with van der Waals surface area (Å²) in [5.74, 6) is -0.473. The molecule has 6 nitrogen and oxygen atoms in total. The molecule has 1 heterocycles. The maximum absolute atomic E-state index is 13.9. The first-order chi connectivity index (χ1) is 9.61. The van der Waals surface area contributed by atoms with Crippen molar-refractivity contribution in [2.24, 2.45) is 0 Å². The summed E-state index contributed by atoms with van der Waals surface area (Å²) in [4.78, 5) is 12.3. The molecule has 0 amide bonds. The third-order valence-electron chi connectivity index (χ3n) is 3.35. The number of nitro benzene ring substituents is 1. The van der Waals surface area contributed by atoms with Crippen molar-refractivity contribution in [3.05, 3.63) is 33.6 Å². The number of rotatable bonds is 5. The lowest BCUT2D eigenvalue weighted by atomic mass is 10.1. The molecule has 0 aromatic heterocycles. The van der Waals surface area contributed by atoms with Gasteiger partial charge in [-0.2, -0.15) is 0 Å². The molecule has 0 unspecified atom stereocenters. The summed E-state index contributed by atoms with van der Waals surface area (Å²) < 4.78 is 24.1. The third-order valence-corrected chi connectivity index (χ3v) is 3.35. The Morgan fingerprint density at radius 3 is 2.75 bits per heavy atom. The highest BCUT2D eigenvalue weighted by atomic mass is 19.1. The van der Waals surface area contributed by atoms with Crippen LogP contribution in [-0.2, 0) is 11.2 Å². The van der Waals surface area contributed by atoms with Gasteiger partial charge < -0.3 is 9.47 Å². The van der Waals surface area contributed by atoms with Crippen LogP contribution in [0.4, 0.5) is 10.1 Å². The lowest BCUT2D eigenvalue weighted by molar-refractivity contribution is -0.386. The summed E-state index contributed by atoms with van der Waals surface area (Å²) in [6, 6.07) is 2.33. The minimum absolute atomic E-state index is 0.0911. The molecule has 1 aromatic rings. The van der Waals surface area contributed by atoms with E-state index in [2.05, 4.69) is 4.90 Å². The molecular formula is C13H17FN2O4. The minimum atomic E-state index is -0.645. The van der Waals surface area contributed by atoms with E-state index in [9.17, 15) is 14.5 Å². The normalized spacial score (nSPS) is 16.1. The highest BCUT2D eigenvalue weighted by Crippen LogP contribution is 2.30. The maximum Gasteiger partial charge on any atom is 0.313 e. The summed E-state index contributed by atoms with van der Waals surface area (Å²) in [5, 5.41) is 10.8. The Hall–Kier alpha value is -1.73. The van der Waals surface area contributed by atoms with Crippen LogP contribution in [0.15, 0.2) is 12.1 Å². The smallest absolute Gasteiger partial charge is 0.313 e. The highest BCUT2D eigenvalue weighted by Gasteiger charge is 2.19. The lowest BCUT2D eigenvalue weighted by Crippen LogP contribution is -2.37. The van der Waals surface area contributed by atoms with Crippen molar-refractivity contribution in [1.82, 2.24) is 4.90 Å². The first-order valence-corrected chi connectivity index (χ1v) is 6.42. The van der Waals surface area contributed by atoms with E-state index >= 15 is 0 Å². The molecule has 20 heavy (non-hydrogen) atoms. The van der Waals surface area contributed by atoms with Crippen LogP contribution in [0.3, 0.4) is 0 Å². The van der Waals surface area contributed by atoms with Crippen molar-refractivity contribution in [3.8, 4) is 5.75 Å². The van der Waals surface area contributed by atoms with E-state index in [4.69, 9.17) is 9.47 Å². The molecule has 0 radical (unpaired) electrons. The fraction of sp³-hybridized carbons (Fsp3) is 0.538. The summed E-state index contributed by atoms with van der Waals surface area (Å²) in [6.45, 7) is 3.72. The van der Waals surface area contributed by atoms with Gasteiger partial charge in [0.25, 0.3) is 0 Å². The largest absolute Gasteiger partial charge is 0.490 e. The van der Waals surface area contributed by atoms with Crippen LogP contribution in [-0.4, -0.2) is 49.8 Å². The van der Waals surface area contributed by atoms with E-state index in [0.29, 0.717) is 31.7 Å². The van der Waals surface area contributed by atoms with Crippen LogP contribution in [0.25, 0.3) is 0 Å². The molecule has 1 saturated heterocycles. The number of hydrogen-bond donors (Lipinski definition) is 0. The van der Waals surface area contributed by atoms with Crippen molar-refractivity contribution < 1.29 is 18.8 Å². The SMILES string of the molecule is COc1cc(CCN2CCOCC2)c(F)cc1[N+](=O)[O-]. The second-order valence-electron chi connectivity index (χ2n) is 4.58. The molecule has 0 aliphatic carbocycles. The topological polar surface area (TPSA) is 64.8 Å². The lowest BCUT2D eigenvalue weighted by Gasteiger charge is -2.26. The fourth-order valence-corrected chi connectivity index (χ4v) is 2.19. The van der Waals surface area contributed by atoms with Crippen molar-refractivity contribution in [2.75, 3.05) is 40.0 Å². The highest BCUT2D eigenvalue weighted by molar-refractivity contribution is 5.49. The number of hydrogen-bond acceptors (Lipinski definition) is 5. The van der Waals surface area contributed by atoms with Gasteiger partial charge in [-0.3, -0.25) is 15.0 Å². The summed E-state index contributed by atoms with van der Waals surface area (Å²) >= 11 is 0. The second-order valence-corrected chi connectivity index (χ2v) is 4.58. The van der Waals surface area contributed by atoms with E-state index < -0.39 is 10.7 Å². The van der Waals surface area contributed by atoms with E-state index in [0.717, 1.165) is 19.2 Å². The summed E-state index contributed by atoms with van der Waals surface area (Å²) in [5.41, 5.74) is 0.0825. The molecule has 0 bridgehead atoms. The number of morpholine rings is 1. The second kappa shape index (κ2) is 6.62. The quantitative estimate of drug-likeness (QED) is 0.607. The van der Waals surface area contributed by atoms with Crippen LogP contribution < -0.4 is 4.74 Å². The third kappa shape index (κ3) is 3.43. The van der Waals surface area contributed by atoms with Crippen LogP contribution in [0.1, 0.15) is 5.56 Å². The summed E-state index contributed by atoms with van der Waals surface area (Å²) in [6.07, 6.45) is 0.486. The molecule has 0 saturated carbocycles. The Balaban J connectivity index is 2.09. The zero-order valence-corrected chi connectivity index (χ0v) is 11.3. The number of halogens is 1. The molecule has 1 aliphatic rings. The van der Waals surface area contributed by atoms with Crippen LogP contribution >= 0.6 is 0 Å². The molecule has 0 atom stereocenters. The van der Waals surface area contributed by atoms with E-state index in [1.807, 2.05) is 0 Å². The van der Waals surface area contributed by atoms with Gasteiger partial charge in [0.05, 0.1) is 31.3 Å². The average Bonchev–Trinajstić information content (AvgIpc) is 2.46. The molecule has 0 spiro atoms. The van der Waals surface area contributed by atoms with E-state index in [1.54, 1.807) is 0 Å². The monoisotopic (exact) mass is 284 g/mol. The minimum Gasteiger partial charge on any atom is -0.490 e. The van der Waals surface area contributed by atoms with Gasteiger partial charge in [0, 0.05) is 19.6 Å². The molecule has 110 valence electrons. The summed E-state index contributed by atoms with van der Waals surface area (Å²) in [7, 11) is 1.34. The predicted octanol–water partition coefficient (Wildman–Crippen LogP) is 1.62.